The minimum absolute atomic E-state index is 0.0973. The molecule has 0 aliphatic carbocycles. The highest BCUT2D eigenvalue weighted by Crippen LogP contribution is 2.33. The number of rotatable bonds is 6. The van der Waals surface area contributed by atoms with Gasteiger partial charge in [0.15, 0.2) is 0 Å². The molecule has 41 heavy (non-hydrogen) atoms. The van der Waals surface area contributed by atoms with Gasteiger partial charge in [0, 0.05) is 54.9 Å². The second kappa shape index (κ2) is 10.5. The molecule has 0 spiro atoms. The third kappa shape index (κ3) is 5.01. The van der Waals surface area contributed by atoms with Crippen LogP contribution in [0.2, 0.25) is 0 Å². The van der Waals surface area contributed by atoms with E-state index in [0.29, 0.717) is 12.1 Å². The summed E-state index contributed by atoms with van der Waals surface area (Å²) in [6.45, 7) is 3.93. The SMILES string of the molecule is CN1CCN(c2nccc3[nH]c(-c4n[nH]c5cnc(-c6cncc(NC(=O)Cc7ccccc7)c6)cc45)cc23)CC1. The Morgan fingerprint density at radius 2 is 1.78 bits per heavy atom. The van der Waals surface area contributed by atoms with Gasteiger partial charge in [-0.25, -0.2) is 4.98 Å². The van der Waals surface area contributed by atoms with E-state index in [1.807, 2.05) is 54.7 Å². The molecule has 6 heterocycles. The summed E-state index contributed by atoms with van der Waals surface area (Å²) >= 11 is 0. The van der Waals surface area contributed by atoms with Gasteiger partial charge < -0.3 is 20.1 Å². The van der Waals surface area contributed by atoms with Crippen LogP contribution in [-0.4, -0.2) is 74.2 Å². The Balaban J connectivity index is 1.18. The smallest absolute Gasteiger partial charge is 0.228 e. The Kier molecular flexibility index (Phi) is 6.36. The van der Waals surface area contributed by atoms with Crippen molar-refractivity contribution in [2.24, 2.45) is 0 Å². The molecule has 0 bridgehead atoms. The van der Waals surface area contributed by atoms with E-state index in [1.54, 1.807) is 18.6 Å². The van der Waals surface area contributed by atoms with Gasteiger partial charge in [-0.15, -0.1) is 0 Å². The number of carbonyl (C=O) groups is 1. The van der Waals surface area contributed by atoms with Gasteiger partial charge >= 0.3 is 0 Å². The van der Waals surface area contributed by atoms with Gasteiger partial charge in [-0.05, 0) is 36.9 Å². The molecule has 1 aliphatic heterocycles. The zero-order valence-corrected chi connectivity index (χ0v) is 22.6. The highest BCUT2D eigenvalue weighted by atomic mass is 16.1. The summed E-state index contributed by atoms with van der Waals surface area (Å²) in [6.07, 6.45) is 7.33. The Bertz CT molecular complexity index is 1850. The molecule has 5 aromatic heterocycles. The van der Waals surface area contributed by atoms with E-state index in [-0.39, 0.29) is 5.91 Å². The molecule has 6 aromatic rings. The summed E-state index contributed by atoms with van der Waals surface area (Å²) in [5.74, 6) is 0.900. The third-order valence-electron chi connectivity index (χ3n) is 7.56. The predicted octanol–water partition coefficient (Wildman–Crippen LogP) is 4.50. The van der Waals surface area contributed by atoms with Crippen LogP contribution in [0.4, 0.5) is 11.5 Å². The van der Waals surface area contributed by atoms with Crippen molar-refractivity contribution in [2.75, 3.05) is 43.4 Å². The van der Waals surface area contributed by atoms with Gasteiger partial charge in [-0.3, -0.25) is 19.9 Å². The fourth-order valence-electron chi connectivity index (χ4n) is 5.35. The van der Waals surface area contributed by atoms with Gasteiger partial charge in [-0.2, -0.15) is 5.10 Å². The summed E-state index contributed by atoms with van der Waals surface area (Å²) in [4.78, 5) is 34.6. The number of benzene rings is 1. The molecule has 1 fully saturated rings. The van der Waals surface area contributed by atoms with Crippen LogP contribution in [0, 0.1) is 0 Å². The first kappa shape index (κ1) is 24.9. The lowest BCUT2D eigenvalue weighted by atomic mass is 10.1. The van der Waals surface area contributed by atoms with E-state index in [0.717, 1.165) is 82.0 Å². The second-order valence-corrected chi connectivity index (χ2v) is 10.4. The van der Waals surface area contributed by atoms with Crippen LogP contribution in [0.25, 0.3) is 44.5 Å². The lowest BCUT2D eigenvalue weighted by molar-refractivity contribution is -0.115. The van der Waals surface area contributed by atoms with Crippen molar-refractivity contribution < 1.29 is 4.79 Å². The quantitative estimate of drug-likeness (QED) is 0.283. The van der Waals surface area contributed by atoms with Crippen LogP contribution < -0.4 is 10.2 Å². The number of likely N-dealkylation sites (N-methyl/N-ethyl adjacent to an activating group) is 1. The summed E-state index contributed by atoms with van der Waals surface area (Å²) in [5.41, 5.74) is 6.70. The van der Waals surface area contributed by atoms with E-state index in [2.05, 4.69) is 53.4 Å². The number of fused-ring (bicyclic) bond motifs is 2. The molecular formula is C31H29N9O. The van der Waals surface area contributed by atoms with Crippen molar-refractivity contribution in [3.05, 3.63) is 84.9 Å². The highest BCUT2D eigenvalue weighted by Gasteiger charge is 2.20. The number of anilines is 2. The van der Waals surface area contributed by atoms with Crippen molar-refractivity contribution >= 4 is 39.2 Å². The monoisotopic (exact) mass is 543 g/mol. The number of pyridine rings is 3. The van der Waals surface area contributed by atoms with Crippen molar-refractivity contribution in [1.82, 2.24) is 35.0 Å². The molecule has 1 saturated heterocycles. The van der Waals surface area contributed by atoms with E-state index < -0.39 is 0 Å². The van der Waals surface area contributed by atoms with Gasteiger partial charge in [0.05, 0.1) is 46.9 Å². The summed E-state index contributed by atoms with van der Waals surface area (Å²) in [5, 5.41) is 12.7. The molecule has 0 radical (unpaired) electrons. The highest BCUT2D eigenvalue weighted by molar-refractivity contribution is 5.99. The molecule has 204 valence electrons. The lowest BCUT2D eigenvalue weighted by Crippen LogP contribution is -2.44. The first-order valence-corrected chi connectivity index (χ1v) is 13.7. The van der Waals surface area contributed by atoms with E-state index >= 15 is 0 Å². The number of nitrogens with zero attached hydrogens (tertiary/aromatic N) is 6. The van der Waals surface area contributed by atoms with Crippen molar-refractivity contribution in [2.45, 2.75) is 6.42 Å². The normalized spacial score (nSPS) is 14.1. The molecule has 0 atom stereocenters. The van der Waals surface area contributed by atoms with Gasteiger partial charge in [-0.1, -0.05) is 30.3 Å². The van der Waals surface area contributed by atoms with Gasteiger partial charge in [0.2, 0.25) is 5.91 Å². The fraction of sp³-hybridized carbons (Fsp3) is 0.194. The van der Waals surface area contributed by atoms with Crippen molar-refractivity contribution in [1.29, 1.82) is 0 Å². The number of amides is 1. The molecular weight excluding hydrogens is 514 g/mol. The van der Waals surface area contributed by atoms with E-state index in [1.165, 1.54) is 0 Å². The minimum atomic E-state index is -0.0973. The summed E-state index contributed by atoms with van der Waals surface area (Å²) in [6, 6.07) is 17.7. The molecule has 10 nitrogen and oxygen atoms in total. The zero-order valence-electron chi connectivity index (χ0n) is 22.6. The van der Waals surface area contributed by atoms with Crippen LogP contribution in [0.5, 0.6) is 0 Å². The number of nitrogens with one attached hydrogen (secondary N) is 3. The third-order valence-corrected chi connectivity index (χ3v) is 7.56. The van der Waals surface area contributed by atoms with Crippen molar-refractivity contribution in [3.8, 4) is 22.6 Å². The molecule has 10 heteroatoms. The van der Waals surface area contributed by atoms with Gasteiger partial charge in [0.1, 0.15) is 11.5 Å². The van der Waals surface area contributed by atoms with E-state index in [4.69, 9.17) is 4.98 Å². The minimum Gasteiger partial charge on any atom is -0.353 e. The van der Waals surface area contributed by atoms with E-state index in [9.17, 15) is 4.79 Å². The van der Waals surface area contributed by atoms with Crippen LogP contribution in [0.3, 0.4) is 0 Å². The second-order valence-electron chi connectivity index (χ2n) is 10.4. The fourth-order valence-corrected chi connectivity index (χ4v) is 5.35. The molecule has 1 aliphatic rings. The number of aromatic nitrogens is 6. The summed E-state index contributed by atoms with van der Waals surface area (Å²) < 4.78 is 0. The maximum Gasteiger partial charge on any atom is 0.228 e. The Labute approximate surface area is 236 Å². The van der Waals surface area contributed by atoms with Crippen LogP contribution in [-0.2, 0) is 11.2 Å². The predicted molar refractivity (Wildman–Crippen MR) is 161 cm³/mol. The number of hydrogen-bond donors (Lipinski definition) is 3. The van der Waals surface area contributed by atoms with Crippen LogP contribution in [0.15, 0.2) is 79.4 Å². The molecule has 0 unspecified atom stereocenters. The average molecular weight is 544 g/mol. The molecule has 7 rings (SSSR count). The van der Waals surface area contributed by atoms with Gasteiger partial charge in [0.25, 0.3) is 0 Å². The largest absolute Gasteiger partial charge is 0.353 e. The molecule has 3 N–H and O–H groups in total. The topological polar surface area (TPSA) is 119 Å². The Hall–Kier alpha value is -5.09. The first-order chi connectivity index (χ1) is 20.1. The maximum atomic E-state index is 12.6. The Morgan fingerprint density at radius 1 is 0.927 bits per heavy atom. The van der Waals surface area contributed by atoms with Crippen molar-refractivity contribution in [3.63, 3.8) is 0 Å². The number of H-pyrrole nitrogens is 2. The number of piperazine rings is 1. The first-order valence-electron chi connectivity index (χ1n) is 13.7. The zero-order chi connectivity index (χ0) is 27.8. The molecule has 1 amide bonds. The average Bonchev–Trinajstić information content (AvgIpc) is 3.62. The number of aromatic amines is 2. The van der Waals surface area contributed by atoms with Crippen LogP contribution >= 0.6 is 0 Å². The lowest BCUT2D eigenvalue weighted by Gasteiger charge is -2.33. The van der Waals surface area contributed by atoms with Crippen LogP contribution in [0.1, 0.15) is 5.56 Å². The Morgan fingerprint density at radius 3 is 2.63 bits per heavy atom. The summed E-state index contributed by atoms with van der Waals surface area (Å²) in [7, 11) is 2.15. The maximum absolute atomic E-state index is 12.6. The standard InChI is InChI=1S/C31H29N9O/c1-39-9-11-40(12-10-39)31-24-16-27(36-25(24)7-8-33-31)30-23-15-26(34-19-28(23)37-38-30)21-14-22(18-32-17-21)35-29(41)13-20-5-3-2-4-6-20/h2-8,14-19,36H,9-13H2,1H3,(H,35,41)(H,37,38). The number of carbonyl (C=O) groups excluding carboxylic acids is 1. The molecule has 0 saturated carbocycles. The molecule has 1 aromatic carbocycles. The number of hydrogen-bond acceptors (Lipinski definition) is 7.